The maximum Gasteiger partial charge on any atom is 0.354 e. The van der Waals surface area contributed by atoms with Crippen LogP contribution in [-0.2, 0) is 35.6 Å². The maximum absolute atomic E-state index is 12.9. The Hall–Kier alpha value is -2.43. The molecule has 4 N–H and O–H groups in total. The monoisotopic (exact) mass is 389 g/mol. The van der Waals surface area contributed by atoms with Gasteiger partial charge in [-0.3, -0.25) is 0 Å². The number of aliphatic hydroxyl groups is 1. The lowest BCUT2D eigenvalue weighted by atomic mass is 9.76. The van der Waals surface area contributed by atoms with E-state index in [1.54, 1.807) is 0 Å². The third-order valence-corrected chi connectivity index (χ3v) is 6.82. The Bertz CT molecular complexity index is 1070. The van der Waals surface area contributed by atoms with Crippen LogP contribution in [0.5, 0.6) is 5.88 Å². The molecule has 2 amide bonds. The molecular weight excluding hydrogens is 370 g/mol. The van der Waals surface area contributed by atoms with Crippen molar-refractivity contribution in [3.8, 4) is 5.88 Å². The third-order valence-electron chi connectivity index (χ3n) is 5.47. The Labute approximate surface area is 155 Å². The molecule has 0 fully saturated rings. The molecule has 0 saturated carbocycles. The number of benzene rings is 1. The highest BCUT2D eigenvalue weighted by Gasteiger charge is 2.32. The highest BCUT2D eigenvalue weighted by molar-refractivity contribution is 7.91. The van der Waals surface area contributed by atoms with E-state index in [1.807, 2.05) is 0 Å². The van der Waals surface area contributed by atoms with Gasteiger partial charge in [-0.05, 0) is 47.9 Å². The molecular formula is C17H19N5O4S. The van der Waals surface area contributed by atoms with Crippen LogP contribution in [0.25, 0.3) is 0 Å². The van der Waals surface area contributed by atoms with Gasteiger partial charge in [0.25, 0.3) is 0 Å². The van der Waals surface area contributed by atoms with Crippen molar-refractivity contribution in [2.24, 2.45) is 9.50 Å². The first-order valence-electron chi connectivity index (χ1n) is 8.81. The summed E-state index contributed by atoms with van der Waals surface area (Å²) in [4.78, 5) is 12.5. The lowest BCUT2D eigenvalue weighted by Gasteiger charge is -2.31. The van der Waals surface area contributed by atoms with Gasteiger partial charge in [-0.2, -0.15) is 5.10 Å². The predicted molar refractivity (Wildman–Crippen MR) is 97.1 cm³/mol. The smallest absolute Gasteiger partial charge is 0.354 e. The number of fused-ring (bicyclic) bond motifs is 3. The normalized spacial score (nSPS) is 20.9. The van der Waals surface area contributed by atoms with Crippen LogP contribution in [0.2, 0.25) is 0 Å². The summed E-state index contributed by atoms with van der Waals surface area (Å²) >= 11 is 0. The van der Waals surface area contributed by atoms with E-state index in [0.29, 0.717) is 0 Å². The molecule has 2 heterocycles. The fourth-order valence-electron chi connectivity index (χ4n) is 3.83. The van der Waals surface area contributed by atoms with Crippen LogP contribution in [0.4, 0.5) is 10.5 Å². The molecule has 0 bridgehead atoms. The van der Waals surface area contributed by atoms with Gasteiger partial charge in [0.05, 0.1) is 12.8 Å². The van der Waals surface area contributed by atoms with Crippen LogP contribution in [0.3, 0.4) is 0 Å². The first-order chi connectivity index (χ1) is 13.0. The quantitative estimate of drug-likeness (QED) is 0.719. The van der Waals surface area contributed by atoms with E-state index in [4.69, 9.17) is 9.88 Å². The zero-order valence-electron chi connectivity index (χ0n) is 14.5. The second kappa shape index (κ2) is 5.78. The third kappa shape index (κ3) is 2.47. The first kappa shape index (κ1) is 16.7. The van der Waals surface area contributed by atoms with Gasteiger partial charge in [-0.1, -0.05) is 6.07 Å². The minimum absolute atomic E-state index is 0.0580. The summed E-state index contributed by atoms with van der Waals surface area (Å²) in [5.41, 5.74) is 5.60. The van der Waals surface area contributed by atoms with Gasteiger partial charge >= 0.3 is 6.03 Å². The van der Waals surface area contributed by atoms with E-state index in [-0.39, 0.29) is 30.0 Å². The van der Waals surface area contributed by atoms with Crippen LogP contribution in [0.15, 0.2) is 21.5 Å². The average molecular weight is 389 g/mol. The molecule has 1 aromatic heterocycles. The molecule has 0 radical (unpaired) electrons. The van der Waals surface area contributed by atoms with Crippen molar-refractivity contribution < 1.29 is 18.8 Å². The Morgan fingerprint density at radius 2 is 2.07 bits per heavy atom. The molecule has 5 rings (SSSR count). The van der Waals surface area contributed by atoms with Crippen molar-refractivity contribution in [3.05, 3.63) is 34.5 Å². The highest BCUT2D eigenvalue weighted by atomic mass is 32.2. The standard InChI is InChI=1S/C17H19N5O4S/c18-27(25,14-6-19-22-11(7-23)8-26-16(14)22)21-17(24)20-15-12-3-1-9(12)5-10-2-4-13(10)15/h5-6,11,23H,1-4,7-8H2,(H3,18,20,21,24,25)/t11-,27?/m1/s1. The number of aliphatic hydroxyl groups excluding tert-OH is 1. The zero-order chi connectivity index (χ0) is 18.8. The van der Waals surface area contributed by atoms with E-state index in [1.165, 1.54) is 22.0 Å². The summed E-state index contributed by atoms with van der Waals surface area (Å²) in [6, 6.07) is 1.11. The van der Waals surface area contributed by atoms with Gasteiger partial charge < -0.3 is 15.2 Å². The number of hydrogen-bond acceptors (Lipinski definition) is 5. The predicted octanol–water partition coefficient (Wildman–Crippen LogP) is 0.939. The molecule has 2 aromatic rings. The molecule has 1 unspecified atom stereocenters. The SMILES string of the molecule is NS(=O)(=NC(=O)Nc1c2c(cc3c1CC3)CC2)c1cnn2c1OC[C@H]2CO. The molecule has 27 heavy (non-hydrogen) atoms. The Morgan fingerprint density at radius 1 is 1.37 bits per heavy atom. The van der Waals surface area contributed by atoms with Crippen molar-refractivity contribution in [2.45, 2.75) is 36.6 Å². The van der Waals surface area contributed by atoms with E-state index < -0.39 is 15.9 Å². The molecule has 2 atom stereocenters. The molecule has 142 valence electrons. The number of aryl methyl sites for hydroxylation is 2. The summed E-state index contributed by atoms with van der Waals surface area (Å²) in [6.07, 6.45) is 5.15. The minimum atomic E-state index is -3.53. The highest BCUT2D eigenvalue weighted by Crippen LogP contribution is 2.41. The number of nitrogens with two attached hydrogens (primary N) is 1. The number of rotatable bonds is 3. The van der Waals surface area contributed by atoms with Gasteiger partial charge in [0, 0.05) is 5.69 Å². The molecule has 10 heteroatoms. The summed E-state index contributed by atoms with van der Waals surface area (Å²) in [5.74, 6) is 0.186. The summed E-state index contributed by atoms with van der Waals surface area (Å²) in [7, 11) is -3.53. The molecule has 1 aliphatic heterocycles. The van der Waals surface area contributed by atoms with Crippen LogP contribution < -0.4 is 15.2 Å². The minimum Gasteiger partial charge on any atom is -0.475 e. The molecule has 0 saturated heterocycles. The largest absolute Gasteiger partial charge is 0.475 e. The lowest BCUT2D eigenvalue weighted by Crippen LogP contribution is -2.24. The number of nitrogens with one attached hydrogen (secondary N) is 1. The fraction of sp³-hybridized carbons (Fsp3) is 0.412. The van der Waals surface area contributed by atoms with Crippen LogP contribution in [0, 0.1) is 0 Å². The molecule has 3 aliphatic rings. The zero-order valence-corrected chi connectivity index (χ0v) is 15.3. The van der Waals surface area contributed by atoms with Crippen molar-refractivity contribution in [2.75, 3.05) is 18.5 Å². The Morgan fingerprint density at radius 3 is 2.67 bits per heavy atom. The number of anilines is 1. The number of amides is 2. The van der Waals surface area contributed by atoms with Gasteiger partial charge in [0.15, 0.2) is 9.92 Å². The van der Waals surface area contributed by atoms with Gasteiger partial charge in [0.1, 0.15) is 17.5 Å². The summed E-state index contributed by atoms with van der Waals surface area (Å²) < 4.78 is 23.5. The van der Waals surface area contributed by atoms with Crippen molar-refractivity contribution in [3.63, 3.8) is 0 Å². The maximum atomic E-state index is 12.9. The number of nitrogens with zero attached hydrogens (tertiary/aromatic N) is 3. The van der Waals surface area contributed by atoms with Crippen molar-refractivity contribution in [1.82, 2.24) is 9.78 Å². The summed E-state index contributed by atoms with van der Waals surface area (Å²) in [6.45, 7) is 0.0401. The molecule has 9 nitrogen and oxygen atoms in total. The topological polar surface area (TPSA) is 132 Å². The van der Waals surface area contributed by atoms with Crippen LogP contribution >= 0.6 is 0 Å². The van der Waals surface area contributed by atoms with Crippen molar-refractivity contribution >= 4 is 21.6 Å². The van der Waals surface area contributed by atoms with E-state index in [2.05, 4.69) is 20.8 Å². The van der Waals surface area contributed by atoms with E-state index >= 15 is 0 Å². The molecule has 0 spiro atoms. The Kier molecular flexibility index (Phi) is 3.58. The van der Waals surface area contributed by atoms with Crippen LogP contribution in [-0.4, -0.2) is 38.3 Å². The second-order valence-corrected chi connectivity index (χ2v) is 8.78. The van der Waals surface area contributed by atoms with Gasteiger partial charge in [-0.25, -0.2) is 18.8 Å². The van der Waals surface area contributed by atoms with Gasteiger partial charge in [-0.15, -0.1) is 4.36 Å². The Balaban J connectivity index is 1.46. The number of carbonyl (C=O) groups is 1. The average Bonchev–Trinajstić information content (AvgIpc) is 3.12. The van der Waals surface area contributed by atoms with Gasteiger partial charge in [0.2, 0.25) is 5.88 Å². The molecule has 2 aliphatic carbocycles. The number of aromatic nitrogens is 2. The number of carbonyl (C=O) groups excluding carboxylic acids is 1. The first-order valence-corrected chi connectivity index (χ1v) is 10.4. The number of hydrogen-bond donors (Lipinski definition) is 3. The number of ether oxygens (including phenoxy) is 1. The lowest BCUT2D eigenvalue weighted by molar-refractivity contribution is 0.206. The van der Waals surface area contributed by atoms with Crippen molar-refractivity contribution in [1.29, 1.82) is 0 Å². The van der Waals surface area contributed by atoms with E-state index in [9.17, 15) is 14.1 Å². The second-order valence-electron chi connectivity index (χ2n) is 7.02. The molecule has 1 aromatic carbocycles. The summed E-state index contributed by atoms with van der Waals surface area (Å²) in [5, 5.41) is 22.0. The van der Waals surface area contributed by atoms with Crippen LogP contribution in [0.1, 0.15) is 28.3 Å². The van der Waals surface area contributed by atoms with E-state index in [0.717, 1.165) is 42.5 Å². The number of urea groups is 1. The fourth-order valence-corrected chi connectivity index (χ4v) is 4.82.